The molecule has 2 heterocycles. The molecular formula is C17H26N4O3S. The average molecular weight is 366 g/mol. The van der Waals surface area contributed by atoms with Gasteiger partial charge < -0.3 is 15.0 Å². The van der Waals surface area contributed by atoms with Crippen molar-refractivity contribution < 1.29 is 9.53 Å². The third-order valence-electron chi connectivity index (χ3n) is 4.35. The molecule has 0 bridgehead atoms. The Morgan fingerprint density at radius 1 is 1.44 bits per heavy atom. The fourth-order valence-corrected chi connectivity index (χ4v) is 3.58. The van der Waals surface area contributed by atoms with Gasteiger partial charge in [0.25, 0.3) is 5.56 Å². The van der Waals surface area contributed by atoms with Crippen molar-refractivity contribution in [1.82, 2.24) is 20.2 Å². The summed E-state index contributed by atoms with van der Waals surface area (Å²) < 4.78 is 4.95. The van der Waals surface area contributed by atoms with Crippen molar-refractivity contribution in [1.29, 1.82) is 0 Å². The van der Waals surface area contributed by atoms with Crippen LogP contribution in [0.1, 0.15) is 35.7 Å². The van der Waals surface area contributed by atoms with Gasteiger partial charge in [0.05, 0.1) is 18.0 Å². The number of thiophene rings is 1. The van der Waals surface area contributed by atoms with Gasteiger partial charge in [0.15, 0.2) is 0 Å². The Balaban J connectivity index is 2.06. The molecule has 8 heteroatoms. The molecule has 1 amide bonds. The topological polar surface area (TPSA) is 87.3 Å². The third-order valence-corrected chi connectivity index (χ3v) is 5.46. The first-order valence-electron chi connectivity index (χ1n) is 8.31. The highest BCUT2D eigenvalue weighted by atomic mass is 32.1. The molecule has 0 aromatic carbocycles. The third kappa shape index (κ3) is 4.65. The zero-order chi connectivity index (χ0) is 18.6. The zero-order valence-electron chi connectivity index (χ0n) is 15.4. The number of ether oxygens (including phenoxy) is 1. The maximum atomic E-state index is 12.4. The second kappa shape index (κ2) is 8.55. The molecular weight excluding hydrogens is 340 g/mol. The van der Waals surface area contributed by atoms with Crippen LogP contribution >= 0.6 is 11.3 Å². The Labute approximate surface area is 151 Å². The number of hydrogen-bond donors (Lipinski definition) is 2. The summed E-state index contributed by atoms with van der Waals surface area (Å²) in [6.45, 7) is 7.30. The van der Waals surface area contributed by atoms with E-state index in [-0.39, 0.29) is 24.1 Å². The number of rotatable bonds is 8. The van der Waals surface area contributed by atoms with Crippen LogP contribution < -0.4 is 10.9 Å². The maximum absolute atomic E-state index is 12.4. The summed E-state index contributed by atoms with van der Waals surface area (Å²) in [6.07, 6.45) is 0.782. The summed E-state index contributed by atoms with van der Waals surface area (Å²) in [7, 11) is 3.48. The number of likely N-dealkylation sites (N-methyl/N-ethyl adjacent to an activating group) is 1. The molecule has 2 N–H and O–H groups in total. The molecule has 7 nitrogen and oxygen atoms in total. The van der Waals surface area contributed by atoms with Crippen molar-refractivity contribution in [3.8, 4) is 0 Å². The van der Waals surface area contributed by atoms with Gasteiger partial charge in [-0.05, 0) is 39.8 Å². The molecule has 2 aromatic rings. The molecule has 2 aromatic heterocycles. The predicted molar refractivity (Wildman–Crippen MR) is 100 cm³/mol. The van der Waals surface area contributed by atoms with Gasteiger partial charge in [0.2, 0.25) is 5.91 Å². The highest BCUT2D eigenvalue weighted by Crippen LogP contribution is 2.27. The number of carbonyl (C=O) groups excluding carboxylic acids is 1. The Kier molecular flexibility index (Phi) is 6.69. The molecule has 0 saturated carbocycles. The number of amides is 1. The zero-order valence-corrected chi connectivity index (χ0v) is 16.2. The summed E-state index contributed by atoms with van der Waals surface area (Å²) >= 11 is 1.53. The van der Waals surface area contributed by atoms with Gasteiger partial charge in [-0.25, -0.2) is 4.98 Å². The Morgan fingerprint density at radius 2 is 2.16 bits per heavy atom. The van der Waals surface area contributed by atoms with Crippen LogP contribution in [0.4, 0.5) is 0 Å². The molecule has 0 spiro atoms. The number of aryl methyl sites for hydroxylation is 2. The summed E-state index contributed by atoms with van der Waals surface area (Å²) in [4.78, 5) is 35.6. The minimum absolute atomic E-state index is 0.0586. The summed E-state index contributed by atoms with van der Waals surface area (Å²) in [5.41, 5.74) is 0.864. The summed E-state index contributed by atoms with van der Waals surface area (Å²) in [5, 5.41) is 3.52. The van der Waals surface area contributed by atoms with Crippen molar-refractivity contribution in [3.05, 3.63) is 26.6 Å². The van der Waals surface area contributed by atoms with E-state index >= 15 is 0 Å². The van der Waals surface area contributed by atoms with Crippen LogP contribution in [0.15, 0.2) is 4.79 Å². The minimum Gasteiger partial charge on any atom is -0.385 e. The van der Waals surface area contributed by atoms with Crippen molar-refractivity contribution in [3.63, 3.8) is 0 Å². The fraction of sp³-hybridized carbons (Fsp3) is 0.588. The number of hydrogen-bond acceptors (Lipinski definition) is 6. The SMILES string of the molecule is COCCCNC(=O)CN(C)C(C)c1nc2sc(C)c(C)c2c(=O)[nH]1. The molecule has 1 atom stereocenters. The van der Waals surface area contributed by atoms with E-state index in [4.69, 9.17) is 4.74 Å². The summed E-state index contributed by atoms with van der Waals surface area (Å²) in [6, 6.07) is -0.176. The number of aromatic amines is 1. The van der Waals surface area contributed by atoms with E-state index in [0.717, 1.165) is 21.7 Å². The maximum Gasteiger partial charge on any atom is 0.259 e. The summed E-state index contributed by atoms with van der Waals surface area (Å²) in [5.74, 6) is 0.519. The van der Waals surface area contributed by atoms with E-state index in [9.17, 15) is 9.59 Å². The van der Waals surface area contributed by atoms with Crippen LogP contribution in [0, 0.1) is 13.8 Å². The van der Waals surface area contributed by atoms with Crippen LogP contribution in [0.5, 0.6) is 0 Å². The largest absolute Gasteiger partial charge is 0.385 e. The highest BCUT2D eigenvalue weighted by molar-refractivity contribution is 7.18. The van der Waals surface area contributed by atoms with Crippen LogP contribution in [0.25, 0.3) is 10.2 Å². The highest BCUT2D eigenvalue weighted by Gasteiger charge is 2.19. The van der Waals surface area contributed by atoms with E-state index in [0.29, 0.717) is 24.4 Å². The van der Waals surface area contributed by atoms with E-state index in [1.54, 1.807) is 7.11 Å². The molecule has 0 radical (unpaired) electrons. The lowest BCUT2D eigenvalue weighted by molar-refractivity contribution is -0.122. The number of nitrogens with one attached hydrogen (secondary N) is 2. The molecule has 1 unspecified atom stereocenters. The van der Waals surface area contributed by atoms with Gasteiger partial charge >= 0.3 is 0 Å². The van der Waals surface area contributed by atoms with Crippen LogP contribution in [-0.2, 0) is 9.53 Å². The van der Waals surface area contributed by atoms with Gasteiger partial charge in [-0.3, -0.25) is 14.5 Å². The number of methoxy groups -OCH3 is 1. The van der Waals surface area contributed by atoms with Crippen molar-refractivity contribution in [2.24, 2.45) is 0 Å². The lowest BCUT2D eigenvalue weighted by atomic mass is 10.2. The molecule has 0 aliphatic rings. The standard InChI is InChI=1S/C17H26N4O3S/c1-10-12(3)25-17-14(10)16(23)19-15(20-17)11(2)21(4)9-13(22)18-7-6-8-24-5/h11H,6-9H2,1-5H3,(H,18,22)(H,19,20,23). The lowest BCUT2D eigenvalue weighted by Gasteiger charge is -2.23. The Hall–Kier alpha value is -1.77. The molecule has 25 heavy (non-hydrogen) atoms. The van der Waals surface area contributed by atoms with Crippen molar-refractivity contribution >= 4 is 27.5 Å². The predicted octanol–water partition coefficient (Wildman–Crippen LogP) is 1.75. The van der Waals surface area contributed by atoms with Gasteiger partial charge in [0.1, 0.15) is 10.7 Å². The monoisotopic (exact) mass is 366 g/mol. The Bertz CT molecular complexity index is 799. The second-order valence-electron chi connectivity index (χ2n) is 6.20. The molecule has 0 fully saturated rings. The second-order valence-corrected chi connectivity index (χ2v) is 7.41. The van der Waals surface area contributed by atoms with Crippen LogP contribution in [0.2, 0.25) is 0 Å². The average Bonchev–Trinajstić information content (AvgIpc) is 2.85. The number of aromatic nitrogens is 2. The molecule has 0 aliphatic carbocycles. The van der Waals surface area contributed by atoms with E-state index in [1.165, 1.54) is 11.3 Å². The van der Waals surface area contributed by atoms with E-state index in [2.05, 4.69) is 15.3 Å². The van der Waals surface area contributed by atoms with E-state index < -0.39 is 0 Å². The molecule has 0 aliphatic heterocycles. The quantitative estimate of drug-likeness (QED) is 0.695. The number of carbonyl (C=O) groups is 1. The van der Waals surface area contributed by atoms with Gasteiger partial charge in [-0.15, -0.1) is 11.3 Å². The van der Waals surface area contributed by atoms with Gasteiger partial charge in [-0.2, -0.15) is 0 Å². The van der Waals surface area contributed by atoms with E-state index in [1.807, 2.05) is 32.7 Å². The van der Waals surface area contributed by atoms with Crippen molar-refractivity contribution in [2.45, 2.75) is 33.2 Å². The smallest absolute Gasteiger partial charge is 0.259 e. The minimum atomic E-state index is -0.176. The first-order chi connectivity index (χ1) is 11.8. The molecule has 0 saturated heterocycles. The number of nitrogens with zero attached hydrogens (tertiary/aromatic N) is 2. The fourth-order valence-electron chi connectivity index (χ4n) is 2.54. The molecule has 138 valence electrons. The number of fused-ring (bicyclic) bond motifs is 1. The normalized spacial score (nSPS) is 12.7. The van der Waals surface area contributed by atoms with Gasteiger partial charge in [0, 0.05) is 25.1 Å². The Morgan fingerprint density at radius 3 is 2.84 bits per heavy atom. The number of H-pyrrole nitrogens is 1. The van der Waals surface area contributed by atoms with Crippen molar-refractivity contribution in [2.75, 3.05) is 33.9 Å². The van der Waals surface area contributed by atoms with Gasteiger partial charge in [-0.1, -0.05) is 0 Å². The van der Waals surface area contributed by atoms with Crippen LogP contribution in [-0.4, -0.2) is 54.6 Å². The first kappa shape index (κ1) is 19.6. The lowest BCUT2D eigenvalue weighted by Crippen LogP contribution is -2.37. The first-order valence-corrected chi connectivity index (χ1v) is 9.12. The molecule has 2 rings (SSSR count). The van der Waals surface area contributed by atoms with Crippen LogP contribution in [0.3, 0.4) is 0 Å².